The molecule has 1 aliphatic rings. The van der Waals surface area contributed by atoms with Crippen molar-refractivity contribution in [3.05, 3.63) is 24.3 Å². The summed E-state index contributed by atoms with van der Waals surface area (Å²) in [6.45, 7) is 5.09. The molecular formula is C18H24FN5O. The molecule has 3 aromatic heterocycles. The lowest BCUT2D eigenvalue weighted by Gasteiger charge is -2.36. The first-order valence-electron chi connectivity index (χ1n) is 8.92. The van der Waals surface area contributed by atoms with E-state index in [0.717, 1.165) is 48.0 Å². The molecule has 1 aliphatic heterocycles. The largest absolute Gasteiger partial charge is 0.385 e. The normalized spacial score (nSPS) is 19.7. The van der Waals surface area contributed by atoms with Crippen molar-refractivity contribution in [2.24, 2.45) is 0 Å². The second-order valence-corrected chi connectivity index (χ2v) is 7.02. The standard InChI is InChI=1S/C18H24FN5O/c1-11(9-19)23-7-4-13(5-8-23)24-16-14-3-6-20-17(14)21-10-15(16)22-18(24)12(2)25/h3,6,10-13,25H,4-5,7-9H2,1-2H3,(H,20,21)/t11?,12-/m1/s1. The number of aromatic amines is 1. The number of likely N-dealkylation sites (tertiary alicyclic amines) is 1. The van der Waals surface area contributed by atoms with Gasteiger partial charge in [0.25, 0.3) is 0 Å². The Kier molecular flexibility index (Phi) is 4.21. The molecule has 4 rings (SSSR count). The molecule has 1 saturated heterocycles. The topological polar surface area (TPSA) is 70.0 Å². The molecule has 1 unspecified atom stereocenters. The van der Waals surface area contributed by atoms with E-state index in [1.165, 1.54) is 0 Å². The van der Waals surface area contributed by atoms with E-state index < -0.39 is 6.10 Å². The fourth-order valence-corrected chi connectivity index (χ4v) is 3.96. The summed E-state index contributed by atoms with van der Waals surface area (Å²) >= 11 is 0. The molecule has 134 valence electrons. The summed E-state index contributed by atoms with van der Waals surface area (Å²) in [4.78, 5) is 14.4. The van der Waals surface area contributed by atoms with Gasteiger partial charge in [-0.2, -0.15) is 0 Å². The van der Waals surface area contributed by atoms with Crippen LogP contribution in [0.1, 0.15) is 44.7 Å². The predicted octanol–water partition coefficient (Wildman–Crippen LogP) is 2.96. The molecule has 1 fully saturated rings. The molecule has 4 heterocycles. The molecule has 0 aliphatic carbocycles. The van der Waals surface area contributed by atoms with Crippen molar-refractivity contribution >= 4 is 22.1 Å². The number of hydrogen-bond acceptors (Lipinski definition) is 4. The number of imidazole rings is 1. The van der Waals surface area contributed by atoms with Crippen LogP contribution in [0.15, 0.2) is 18.5 Å². The first-order valence-corrected chi connectivity index (χ1v) is 8.92. The zero-order valence-electron chi connectivity index (χ0n) is 14.6. The summed E-state index contributed by atoms with van der Waals surface area (Å²) in [6.07, 6.45) is 4.83. The Morgan fingerprint density at radius 2 is 2.12 bits per heavy atom. The number of fused-ring (bicyclic) bond motifs is 3. The van der Waals surface area contributed by atoms with Gasteiger partial charge in [-0.1, -0.05) is 0 Å². The maximum absolute atomic E-state index is 13.0. The number of pyridine rings is 1. The van der Waals surface area contributed by atoms with Gasteiger partial charge < -0.3 is 14.7 Å². The highest BCUT2D eigenvalue weighted by Crippen LogP contribution is 2.34. The van der Waals surface area contributed by atoms with Gasteiger partial charge >= 0.3 is 0 Å². The smallest absolute Gasteiger partial charge is 0.139 e. The molecule has 6 nitrogen and oxygen atoms in total. The van der Waals surface area contributed by atoms with E-state index in [1.54, 1.807) is 13.1 Å². The maximum Gasteiger partial charge on any atom is 0.139 e. The number of aliphatic hydroxyl groups is 1. The minimum atomic E-state index is -0.649. The molecule has 0 bridgehead atoms. The van der Waals surface area contributed by atoms with Crippen LogP contribution in [0.3, 0.4) is 0 Å². The van der Waals surface area contributed by atoms with Crippen LogP contribution in [0.2, 0.25) is 0 Å². The number of piperidine rings is 1. The highest BCUT2D eigenvalue weighted by atomic mass is 19.1. The van der Waals surface area contributed by atoms with Crippen molar-refractivity contribution in [1.82, 2.24) is 24.4 Å². The average molecular weight is 345 g/mol. The van der Waals surface area contributed by atoms with Crippen LogP contribution < -0.4 is 0 Å². The molecule has 0 amide bonds. The fraction of sp³-hybridized carbons (Fsp3) is 0.556. The number of nitrogens with one attached hydrogen (secondary N) is 1. The van der Waals surface area contributed by atoms with Crippen LogP contribution in [0, 0.1) is 0 Å². The number of aromatic nitrogens is 4. The molecule has 3 aromatic rings. The van der Waals surface area contributed by atoms with E-state index >= 15 is 0 Å². The van der Waals surface area contributed by atoms with Gasteiger partial charge in [0.2, 0.25) is 0 Å². The van der Waals surface area contributed by atoms with Crippen molar-refractivity contribution in [2.75, 3.05) is 19.8 Å². The molecule has 7 heteroatoms. The van der Waals surface area contributed by atoms with Crippen LogP contribution in [-0.2, 0) is 0 Å². The highest BCUT2D eigenvalue weighted by molar-refractivity contribution is 6.01. The van der Waals surface area contributed by atoms with Crippen LogP contribution in [-0.4, -0.2) is 55.3 Å². The van der Waals surface area contributed by atoms with Crippen LogP contribution >= 0.6 is 0 Å². The van der Waals surface area contributed by atoms with Crippen LogP contribution in [0.25, 0.3) is 22.1 Å². The van der Waals surface area contributed by atoms with Gasteiger partial charge in [-0.15, -0.1) is 0 Å². The minimum Gasteiger partial charge on any atom is -0.385 e. The molecule has 0 spiro atoms. The van der Waals surface area contributed by atoms with Crippen molar-refractivity contribution in [3.8, 4) is 0 Å². The SMILES string of the molecule is CC(CF)N1CCC(n2c([C@@H](C)O)nc3cnc4[nH]ccc4c32)CC1. The summed E-state index contributed by atoms with van der Waals surface area (Å²) in [6, 6.07) is 2.23. The monoisotopic (exact) mass is 345 g/mol. The third-order valence-corrected chi connectivity index (χ3v) is 5.35. The number of halogens is 1. The zero-order chi connectivity index (χ0) is 17.6. The Bertz CT molecular complexity index is 878. The van der Waals surface area contributed by atoms with Gasteiger partial charge in [-0.25, -0.2) is 14.4 Å². The van der Waals surface area contributed by atoms with E-state index in [1.807, 2.05) is 19.2 Å². The number of aliphatic hydroxyl groups excluding tert-OH is 1. The van der Waals surface area contributed by atoms with E-state index in [9.17, 15) is 9.50 Å². The van der Waals surface area contributed by atoms with Gasteiger partial charge in [0.1, 0.15) is 29.8 Å². The molecular weight excluding hydrogens is 321 g/mol. The first kappa shape index (κ1) is 16.5. The van der Waals surface area contributed by atoms with E-state index in [-0.39, 0.29) is 18.8 Å². The molecule has 0 saturated carbocycles. The maximum atomic E-state index is 13.0. The zero-order valence-corrected chi connectivity index (χ0v) is 14.6. The van der Waals surface area contributed by atoms with E-state index in [0.29, 0.717) is 5.82 Å². The van der Waals surface area contributed by atoms with E-state index in [4.69, 9.17) is 0 Å². The minimum absolute atomic E-state index is 0.0303. The van der Waals surface area contributed by atoms with Crippen molar-refractivity contribution in [1.29, 1.82) is 0 Å². The van der Waals surface area contributed by atoms with Crippen LogP contribution in [0.4, 0.5) is 4.39 Å². The Hall–Kier alpha value is -1.99. The van der Waals surface area contributed by atoms with E-state index in [2.05, 4.69) is 24.4 Å². The molecule has 0 aromatic carbocycles. The number of nitrogens with zero attached hydrogens (tertiary/aromatic N) is 4. The number of alkyl halides is 1. The fourth-order valence-electron chi connectivity index (χ4n) is 3.96. The Morgan fingerprint density at radius 1 is 1.36 bits per heavy atom. The molecule has 25 heavy (non-hydrogen) atoms. The summed E-state index contributed by atoms with van der Waals surface area (Å²) < 4.78 is 15.1. The first-order chi connectivity index (χ1) is 12.1. The lowest BCUT2D eigenvalue weighted by atomic mass is 10.0. The average Bonchev–Trinajstić information content (AvgIpc) is 3.24. The molecule has 2 N–H and O–H groups in total. The summed E-state index contributed by atoms with van der Waals surface area (Å²) in [7, 11) is 0. The summed E-state index contributed by atoms with van der Waals surface area (Å²) in [5, 5.41) is 11.3. The van der Waals surface area contributed by atoms with Gasteiger partial charge in [-0.05, 0) is 32.8 Å². The van der Waals surface area contributed by atoms with Gasteiger partial charge in [0.05, 0.1) is 11.7 Å². The van der Waals surface area contributed by atoms with Gasteiger partial charge in [0, 0.05) is 36.8 Å². The van der Waals surface area contributed by atoms with Crippen molar-refractivity contribution < 1.29 is 9.50 Å². The summed E-state index contributed by atoms with van der Waals surface area (Å²) in [5.41, 5.74) is 2.66. The second-order valence-electron chi connectivity index (χ2n) is 7.02. The Balaban J connectivity index is 1.78. The van der Waals surface area contributed by atoms with Gasteiger partial charge in [0.15, 0.2) is 0 Å². The highest BCUT2D eigenvalue weighted by Gasteiger charge is 2.28. The van der Waals surface area contributed by atoms with Crippen molar-refractivity contribution in [2.45, 2.75) is 44.9 Å². The predicted molar refractivity (Wildman–Crippen MR) is 95.3 cm³/mol. The third kappa shape index (κ3) is 2.71. The summed E-state index contributed by atoms with van der Waals surface area (Å²) in [5.74, 6) is 0.683. The Morgan fingerprint density at radius 3 is 2.80 bits per heavy atom. The quantitative estimate of drug-likeness (QED) is 0.763. The number of hydrogen-bond donors (Lipinski definition) is 2. The lowest BCUT2D eigenvalue weighted by Crippen LogP contribution is -2.41. The molecule has 0 radical (unpaired) electrons. The van der Waals surface area contributed by atoms with Crippen molar-refractivity contribution in [3.63, 3.8) is 0 Å². The Labute approximate surface area is 145 Å². The lowest BCUT2D eigenvalue weighted by molar-refractivity contribution is 0.120. The number of H-pyrrole nitrogens is 1. The number of rotatable bonds is 4. The second kappa shape index (κ2) is 6.38. The third-order valence-electron chi connectivity index (χ3n) is 5.35. The van der Waals surface area contributed by atoms with Crippen LogP contribution in [0.5, 0.6) is 0 Å². The van der Waals surface area contributed by atoms with Gasteiger partial charge in [-0.3, -0.25) is 4.90 Å². The molecule has 2 atom stereocenters.